The highest BCUT2D eigenvalue weighted by atomic mass is 127. The molecule has 1 aromatic heterocycles. The summed E-state index contributed by atoms with van der Waals surface area (Å²) in [5.74, 6) is 0.190. The summed E-state index contributed by atoms with van der Waals surface area (Å²) in [6.07, 6.45) is 0. The summed E-state index contributed by atoms with van der Waals surface area (Å²) in [6.45, 7) is 0. The Balaban J connectivity index is 2.97. The molecule has 0 fully saturated rings. The van der Waals surface area contributed by atoms with E-state index in [1.165, 1.54) is 6.07 Å². The fourth-order valence-corrected chi connectivity index (χ4v) is 1.80. The van der Waals surface area contributed by atoms with Gasteiger partial charge in [0.15, 0.2) is 0 Å². The maximum absolute atomic E-state index is 11.0. The number of fused-ring (bicyclic) bond motifs is 1. The highest BCUT2D eigenvalue weighted by Gasteiger charge is 2.03. The van der Waals surface area contributed by atoms with Gasteiger partial charge in [-0.05, 0) is 46.2 Å². The monoisotopic (exact) mass is 287 g/mol. The number of rotatable bonds is 0. The summed E-state index contributed by atoms with van der Waals surface area (Å²) in [5, 5.41) is 10.3. The standard InChI is InChI=1S/C9H6INO2/c10-8-6(12)3-1-5-2-4-7(13)11-9(5)8/h1-4,12H,(H,11,13). The first kappa shape index (κ1) is 8.55. The molecule has 0 atom stereocenters. The average Bonchev–Trinajstić information content (AvgIpc) is 2.12. The fraction of sp³-hybridized carbons (Fsp3) is 0. The number of halogens is 1. The molecule has 0 amide bonds. The summed E-state index contributed by atoms with van der Waals surface area (Å²) < 4.78 is 0.674. The summed E-state index contributed by atoms with van der Waals surface area (Å²) in [4.78, 5) is 13.7. The number of aromatic hydroxyl groups is 1. The Morgan fingerprint density at radius 3 is 2.69 bits per heavy atom. The minimum absolute atomic E-state index is 0.156. The Bertz CT molecular complexity index is 518. The number of hydrogen-bond acceptors (Lipinski definition) is 2. The summed E-state index contributed by atoms with van der Waals surface area (Å²) in [7, 11) is 0. The highest BCUT2D eigenvalue weighted by Crippen LogP contribution is 2.25. The van der Waals surface area contributed by atoms with Gasteiger partial charge in [-0.2, -0.15) is 0 Å². The number of benzene rings is 1. The molecule has 4 heteroatoms. The third-order valence-corrected chi connectivity index (χ3v) is 2.91. The molecule has 0 aliphatic rings. The molecule has 0 bridgehead atoms. The van der Waals surface area contributed by atoms with E-state index in [-0.39, 0.29) is 11.3 Å². The van der Waals surface area contributed by atoms with Crippen LogP contribution in [0.5, 0.6) is 5.75 Å². The van der Waals surface area contributed by atoms with Gasteiger partial charge in [0.25, 0.3) is 0 Å². The third-order valence-electron chi connectivity index (χ3n) is 1.82. The Labute approximate surface area is 87.6 Å². The van der Waals surface area contributed by atoms with E-state index in [1.807, 2.05) is 22.6 Å². The van der Waals surface area contributed by atoms with E-state index in [2.05, 4.69) is 4.98 Å². The predicted molar refractivity (Wildman–Crippen MR) is 59.0 cm³/mol. The maximum atomic E-state index is 11.0. The number of phenolic OH excluding ortho intramolecular Hbond substituents is 1. The van der Waals surface area contributed by atoms with E-state index >= 15 is 0 Å². The van der Waals surface area contributed by atoms with Gasteiger partial charge in [-0.25, -0.2) is 0 Å². The van der Waals surface area contributed by atoms with Crippen molar-refractivity contribution in [1.29, 1.82) is 0 Å². The molecule has 3 nitrogen and oxygen atoms in total. The first-order valence-electron chi connectivity index (χ1n) is 3.69. The Morgan fingerprint density at radius 1 is 1.23 bits per heavy atom. The van der Waals surface area contributed by atoms with Crippen LogP contribution in [0.1, 0.15) is 0 Å². The third kappa shape index (κ3) is 1.41. The van der Waals surface area contributed by atoms with Crippen molar-refractivity contribution in [3.63, 3.8) is 0 Å². The van der Waals surface area contributed by atoms with E-state index in [0.29, 0.717) is 9.09 Å². The van der Waals surface area contributed by atoms with Crippen LogP contribution in [0, 0.1) is 3.57 Å². The Kier molecular flexibility index (Phi) is 1.99. The van der Waals surface area contributed by atoms with Crippen molar-refractivity contribution in [2.24, 2.45) is 0 Å². The summed E-state index contributed by atoms with van der Waals surface area (Å²) in [6, 6.07) is 6.58. The van der Waals surface area contributed by atoms with Gasteiger partial charge in [0, 0.05) is 6.07 Å². The summed E-state index contributed by atoms with van der Waals surface area (Å²) in [5.41, 5.74) is 0.532. The van der Waals surface area contributed by atoms with Gasteiger partial charge in [0.1, 0.15) is 5.75 Å². The SMILES string of the molecule is O=c1ccc2ccc(O)c(I)c2[nH]1. The molecular formula is C9H6INO2. The van der Waals surface area contributed by atoms with Crippen LogP contribution in [0.4, 0.5) is 0 Å². The van der Waals surface area contributed by atoms with Crippen LogP contribution in [-0.2, 0) is 0 Å². The molecular weight excluding hydrogens is 281 g/mol. The lowest BCUT2D eigenvalue weighted by atomic mass is 10.2. The van der Waals surface area contributed by atoms with E-state index in [4.69, 9.17) is 0 Å². The van der Waals surface area contributed by atoms with Gasteiger partial charge in [0.05, 0.1) is 9.09 Å². The highest BCUT2D eigenvalue weighted by molar-refractivity contribution is 14.1. The fourth-order valence-electron chi connectivity index (χ4n) is 1.18. The van der Waals surface area contributed by atoms with Crippen LogP contribution in [0.25, 0.3) is 10.9 Å². The van der Waals surface area contributed by atoms with Crippen LogP contribution in [-0.4, -0.2) is 10.1 Å². The lowest BCUT2D eigenvalue weighted by Crippen LogP contribution is -2.03. The number of phenols is 1. The molecule has 66 valence electrons. The zero-order valence-corrected chi connectivity index (χ0v) is 8.70. The average molecular weight is 287 g/mol. The number of aromatic nitrogens is 1. The molecule has 13 heavy (non-hydrogen) atoms. The van der Waals surface area contributed by atoms with Crippen molar-refractivity contribution in [3.8, 4) is 5.75 Å². The van der Waals surface area contributed by atoms with Crippen molar-refractivity contribution >= 4 is 33.5 Å². The predicted octanol–water partition coefficient (Wildman–Crippen LogP) is 1.84. The molecule has 0 spiro atoms. The van der Waals surface area contributed by atoms with E-state index in [9.17, 15) is 9.90 Å². The molecule has 0 saturated heterocycles. The van der Waals surface area contributed by atoms with Gasteiger partial charge >= 0.3 is 0 Å². The molecule has 2 aromatic rings. The first-order chi connectivity index (χ1) is 6.18. The molecule has 1 heterocycles. The van der Waals surface area contributed by atoms with Crippen molar-refractivity contribution in [2.75, 3.05) is 0 Å². The van der Waals surface area contributed by atoms with Gasteiger partial charge in [-0.15, -0.1) is 0 Å². The van der Waals surface area contributed by atoms with Gasteiger partial charge in [-0.1, -0.05) is 0 Å². The second kappa shape index (κ2) is 3.02. The molecule has 2 N–H and O–H groups in total. The van der Waals surface area contributed by atoms with Gasteiger partial charge in [-0.3, -0.25) is 4.79 Å². The topological polar surface area (TPSA) is 53.1 Å². The first-order valence-corrected chi connectivity index (χ1v) is 4.77. The molecule has 0 unspecified atom stereocenters. The largest absolute Gasteiger partial charge is 0.507 e. The lowest BCUT2D eigenvalue weighted by Gasteiger charge is -2.01. The van der Waals surface area contributed by atoms with E-state index in [1.54, 1.807) is 18.2 Å². The van der Waals surface area contributed by atoms with Crippen LogP contribution in [0.3, 0.4) is 0 Å². The van der Waals surface area contributed by atoms with Crippen LogP contribution in [0.15, 0.2) is 29.1 Å². The minimum Gasteiger partial charge on any atom is -0.507 e. The van der Waals surface area contributed by atoms with Crippen LogP contribution in [0.2, 0.25) is 0 Å². The van der Waals surface area contributed by atoms with Gasteiger partial charge in [0.2, 0.25) is 5.56 Å². The van der Waals surface area contributed by atoms with Crippen molar-refractivity contribution in [1.82, 2.24) is 4.98 Å². The normalized spacial score (nSPS) is 10.5. The zero-order valence-electron chi connectivity index (χ0n) is 6.54. The van der Waals surface area contributed by atoms with Crippen LogP contribution < -0.4 is 5.56 Å². The van der Waals surface area contributed by atoms with Crippen molar-refractivity contribution < 1.29 is 5.11 Å². The number of hydrogen-bond donors (Lipinski definition) is 2. The molecule has 2 rings (SSSR count). The molecule has 1 aromatic carbocycles. The van der Waals surface area contributed by atoms with Crippen LogP contribution >= 0.6 is 22.6 Å². The number of aromatic amines is 1. The second-order valence-electron chi connectivity index (χ2n) is 2.69. The number of pyridine rings is 1. The molecule has 0 saturated carbocycles. The zero-order chi connectivity index (χ0) is 9.42. The smallest absolute Gasteiger partial charge is 0.248 e. The molecule has 0 radical (unpaired) electrons. The van der Waals surface area contributed by atoms with E-state index < -0.39 is 0 Å². The van der Waals surface area contributed by atoms with Gasteiger partial charge < -0.3 is 10.1 Å². The van der Waals surface area contributed by atoms with Crippen molar-refractivity contribution in [3.05, 3.63) is 38.2 Å². The van der Waals surface area contributed by atoms with E-state index in [0.717, 1.165) is 5.39 Å². The number of nitrogens with one attached hydrogen (secondary N) is 1. The maximum Gasteiger partial charge on any atom is 0.248 e. The Hall–Kier alpha value is -1.04. The minimum atomic E-state index is -0.156. The second-order valence-corrected chi connectivity index (χ2v) is 3.76. The number of H-pyrrole nitrogens is 1. The Morgan fingerprint density at radius 2 is 1.92 bits per heavy atom. The quantitative estimate of drug-likeness (QED) is 0.726. The summed E-state index contributed by atoms with van der Waals surface area (Å²) >= 11 is 2.00. The molecule has 0 aliphatic carbocycles. The lowest BCUT2D eigenvalue weighted by molar-refractivity contribution is 0.472. The van der Waals surface area contributed by atoms with Crippen molar-refractivity contribution in [2.45, 2.75) is 0 Å². The molecule has 0 aliphatic heterocycles.